The third-order valence-electron chi connectivity index (χ3n) is 4.63. The minimum Gasteiger partial charge on any atom is -0.493 e. The number of aryl methyl sites for hydroxylation is 2. The van der Waals surface area contributed by atoms with Crippen molar-refractivity contribution in [1.29, 1.82) is 0 Å². The average Bonchev–Trinajstić information content (AvgIpc) is 3.35. The predicted octanol–water partition coefficient (Wildman–Crippen LogP) is 3.77. The van der Waals surface area contributed by atoms with Crippen LogP contribution in [0.2, 0.25) is 0 Å². The van der Waals surface area contributed by atoms with Crippen LogP contribution in [-0.2, 0) is 18.4 Å². The van der Waals surface area contributed by atoms with Gasteiger partial charge in [0, 0.05) is 24.0 Å². The van der Waals surface area contributed by atoms with Crippen LogP contribution < -0.4 is 9.47 Å². The molecule has 0 radical (unpaired) electrons. The Kier molecular flexibility index (Phi) is 5.37. The Morgan fingerprint density at radius 3 is 2.83 bits per heavy atom. The Morgan fingerprint density at radius 1 is 1.23 bits per heavy atom. The first-order valence-corrected chi connectivity index (χ1v) is 10.0. The molecule has 0 saturated carbocycles. The number of thiazole rings is 1. The Labute approximate surface area is 177 Å². The molecule has 1 aromatic carbocycles. The van der Waals surface area contributed by atoms with E-state index in [1.807, 2.05) is 37.6 Å². The van der Waals surface area contributed by atoms with E-state index in [1.54, 1.807) is 25.0 Å². The van der Waals surface area contributed by atoms with Crippen LogP contribution in [-0.4, -0.2) is 39.9 Å². The second-order valence-corrected chi connectivity index (χ2v) is 7.42. The van der Waals surface area contributed by atoms with Crippen LogP contribution in [0.1, 0.15) is 21.7 Å². The number of nitrogens with zero attached hydrogens (tertiary/aromatic N) is 4. The molecule has 0 amide bonds. The molecule has 0 aliphatic heterocycles. The third kappa shape index (κ3) is 3.59. The van der Waals surface area contributed by atoms with Gasteiger partial charge in [-0.15, -0.1) is 11.3 Å². The minimum absolute atomic E-state index is 0.0612. The largest absolute Gasteiger partial charge is 0.493 e. The van der Waals surface area contributed by atoms with E-state index in [1.165, 1.54) is 17.5 Å². The molecule has 0 atom stereocenters. The van der Waals surface area contributed by atoms with Crippen molar-refractivity contribution in [3.63, 3.8) is 0 Å². The fourth-order valence-corrected chi connectivity index (χ4v) is 4.02. The van der Waals surface area contributed by atoms with E-state index in [-0.39, 0.29) is 6.61 Å². The molecule has 3 aromatic heterocycles. The van der Waals surface area contributed by atoms with Crippen LogP contribution >= 0.6 is 11.3 Å². The highest BCUT2D eigenvalue weighted by atomic mass is 32.1. The maximum absolute atomic E-state index is 12.5. The second kappa shape index (κ2) is 8.11. The van der Waals surface area contributed by atoms with E-state index in [2.05, 4.69) is 15.1 Å². The first-order chi connectivity index (χ1) is 14.5. The quantitative estimate of drug-likeness (QED) is 0.435. The molecule has 8 nitrogen and oxygen atoms in total. The van der Waals surface area contributed by atoms with Crippen molar-refractivity contribution < 1.29 is 19.0 Å². The zero-order chi connectivity index (χ0) is 21.3. The lowest BCUT2D eigenvalue weighted by Gasteiger charge is -2.10. The van der Waals surface area contributed by atoms with Crippen LogP contribution in [0.25, 0.3) is 21.6 Å². The third-order valence-corrected chi connectivity index (χ3v) is 5.56. The first-order valence-electron chi connectivity index (χ1n) is 9.14. The van der Waals surface area contributed by atoms with E-state index in [9.17, 15) is 4.79 Å². The number of rotatable bonds is 6. The zero-order valence-electron chi connectivity index (χ0n) is 17.0. The van der Waals surface area contributed by atoms with Gasteiger partial charge in [-0.2, -0.15) is 5.10 Å². The number of para-hydroxylation sites is 1. The molecule has 4 aromatic rings. The Morgan fingerprint density at radius 2 is 2.07 bits per heavy atom. The number of carbonyl (C=O) groups is 1. The molecule has 0 aliphatic rings. The van der Waals surface area contributed by atoms with E-state index >= 15 is 0 Å². The molecule has 9 heteroatoms. The van der Waals surface area contributed by atoms with Crippen molar-refractivity contribution in [2.45, 2.75) is 13.5 Å². The molecule has 4 rings (SSSR count). The van der Waals surface area contributed by atoms with Crippen molar-refractivity contribution in [3.8, 4) is 22.1 Å². The lowest BCUT2D eigenvalue weighted by atomic mass is 10.2. The average molecular weight is 424 g/mol. The van der Waals surface area contributed by atoms with E-state index in [0.29, 0.717) is 22.8 Å². The first kappa shape index (κ1) is 19.8. The number of methoxy groups -OCH3 is 2. The summed E-state index contributed by atoms with van der Waals surface area (Å²) in [6.45, 7) is 1.94. The number of hydrogen-bond acceptors (Lipinski definition) is 8. The fraction of sp³-hybridized carbons (Fsp3) is 0.238. The number of hydrogen-bond donors (Lipinski definition) is 0. The standard InChI is InChI=1S/C21H20N4O4S/c1-12-16-8-13(9-22-19(16)25(2)24-12)21(26)29-10-14-11-30-20(23-14)15-6-5-7-17(27-3)18(15)28-4/h5-9,11H,10H2,1-4H3. The summed E-state index contributed by atoms with van der Waals surface area (Å²) in [5.74, 6) is 0.789. The van der Waals surface area contributed by atoms with Gasteiger partial charge in [0.2, 0.25) is 0 Å². The lowest BCUT2D eigenvalue weighted by molar-refractivity contribution is 0.0468. The summed E-state index contributed by atoms with van der Waals surface area (Å²) in [6, 6.07) is 7.36. The van der Waals surface area contributed by atoms with Crippen molar-refractivity contribution in [2.75, 3.05) is 14.2 Å². The molecule has 0 aliphatic carbocycles. The highest BCUT2D eigenvalue weighted by Crippen LogP contribution is 2.39. The van der Waals surface area contributed by atoms with Gasteiger partial charge in [0.15, 0.2) is 17.1 Å². The number of fused-ring (bicyclic) bond motifs is 1. The number of benzene rings is 1. The molecule has 3 heterocycles. The van der Waals surface area contributed by atoms with Crippen LogP contribution in [0.3, 0.4) is 0 Å². The molecule has 0 bridgehead atoms. The summed E-state index contributed by atoms with van der Waals surface area (Å²) >= 11 is 1.44. The van der Waals surface area contributed by atoms with Crippen LogP contribution in [0.15, 0.2) is 35.8 Å². The molecular weight excluding hydrogens is 404 g/mol. The Balaban J connectivity index is 1.50. The molecule has 0 N–H and O–H groups in total. The highest BCUT2D eigenvalue weighted by Gasteiger charge is 2.16. The normalized spacial score (nSPS) is 10.9. The molecule has 0 fully saturated rings. The second-order valence-electron chi connectivity index (χ2n) is 6.57. The highest BCUT2D eigenvalue weighted by molar-refractivity contribution is 7.13. The van der Waals surface area contributed by atoms with Crippen molar-refractivity contribution in [1.82, 2.24) is 19.7 Å². The molecule has 0 saturated heterocycles. The molecule has 0 spiro atoms. The number of esters is 1. The summed E-state index contributed by atoms with van der Waals surface area (Å²) in [7, 11) is 5.00. The number of ether oxygens (including phenoxy) is 3. The van der Waals surface area contributed by atoms with E-state index < -0.39 is 5.97 Å². The van der Waals surface area contributed by atoms with Crippen LogP contribution in [0.4, 0.5) is 0 Å². The van der Waals surface area contributed by atoms with Gasteiger partial charge >= 0.3 is 5.97 Å². The fourth-order valence-electron chi connectivity index (χ4n) is 3.19. The van der Waals surface area contributed by atoms with E-state index in [4.69, 9.17) is 14.2 Å². The summed E-state index contributed by atoms with van der Waals surface area (Å²) in [6.07, 6.45) is 1.50. The Hall–Kier alpha value is -3.46. The molecular formula is C21H20N4O4S. The topological polar surface area (TPSA) is 88.4 Å². The molecule has 0 unspecified atom stereocenters. The van der Waals surface area contributed by atoms with Gasteiger partial charge in [0.25, 0.3) is 0 Å². The van der Waals surface area contributed by atoms with Gasteiger partial charge in [0.1, 0.15) is 11.6 Å². The summed E-state index contributed by atoms with van der Waals surface area (Å²) in [5.41, 5.74) is 3.39. The van der Waals surface area contributed by atoms with Crippen molar-refractivity contribution in [3.05, 3.63) is 52.8 Å². The molecule has 30 heavy (non-hydrogen) atoms. The lowest BCUT2D eigenvalue weighted by Crippen LogP contribution is -2.06. The smallest absolute Gasteiger partial charge is 0.340 e. The Bertz CT molecular complexity index is 1230. The predicted molar refractivity (Wildman–Crippen MR) is 113 cm³/mol. The van der Waals surface area contributed by atoms with Gasteiger partial charge in [-0.05, 0) is 25.1 Å². The summed E-state index contributed by atoms with van der Waals surface area (Å²) in [5, 5.41) is 7.75. The minimum atomic E-state index is -0.457. The van der Waals surface area contributed by atoms with E-state index in [0.717, 1.165) is 27.3 Å². The van der Waals surface area contributed by atoms with Gasteiger partial charge in [-0.3, -0.25) is 4.68 Å². The molecule has 154 valence electrons. The van der Waals surface area contributed by atoms with Crippen molar-refractivity contribution in [2.24, 2.45) is 7.05 Å². The number of aromatic nitrogens is 4. The van der Waals surface area contributed by atoms with Crippen LogP contribution in [0.5, 0.6) is 11.5 Å². The van der Waals surface area contributed by atoms with Gasteiger partial charge < -0.3 is 14.2 Å². The SMILES string of the molecule is COc1cccc(-c2nc(COC(=O)c3cnc4c(c3)c(C)nn4C)cs2)c1OC. The van der Waals surface area contributed by atoms with Gasteiger partial charge in [0.05, 0.1) is 36.7 Å². The van der Waals surface area contributed by atoms with Gasteiger partial charge in [-0.25, -0.2) is 14.8 Å². The monoisotopic (exact) mass is 424 g/mol. The maximum atomic E-state index is 12.5. The number of carbonyl (C=O) groups excluding carboxylic acids is 1. The summed E-state index contributed by atoms with van der Waals surface area (Å²) < 4.78 is 17.9. The summed E-state index contributed by atoms with van der Waals surface area (Å²) in [4.78, 5) is 21.4. The number of pyridine rings is 1. The zero-order valence-corrected chi connectivity index (χ0v) is 17.8. The maximum Gasteiger partial charge on any atom is 0.340 e. The van der Waals surface area contributed by atoms with Gasteiger partial charge in [-0.1, -0.05) is 6.07 Å². The van der Waals surface area contributed by atoms with Crippen molar-refractivity contribution >= 4 is 28.3 Å². The van der Waals surface area contributed by atoms with Crippen LogP contribution in [0, 0.1) is 6.92 Å².